The molecule has 2 aromatic carbocycles. The smallest absolute Gasteiger partial charge is 0.118 e. The Kier molecular flexibility index (Phi) is 8.08. The summed E-state index contributed by atoms with van der Waals surface area (Å²) in [4.78, 5) is 0. The third-order valence-electron chi connectivity index (χ3n) is 5.00. The van der Waals surface area contributed by atoms with E-state index in [1.807, 2.05) is 30.3 Å². The van der Waals surface area contributed by atoms with Crippen LogP contribution in [-0.2, 0) is 22.5 Å². The maximum Gasteiger partial charge on any atom is 0.118 e. The zero-order valence-electron chi connectivity index (χ0n) is 17.0. The van der Waals surface area contributed by atoms with Crippen molar-refractivity contribution in [2.24, 2.45) is 5.92 Å². The van der Waals surface area contributed by atoms with Gasteiger partial charge < -0.3 is 14.2 Å². The van der Waals surface area contributed by atoms with Crippen molar-refractivity contribution in [2.75, 3.05) is 13.7 Å². The van der Waals surface area contributed by atoms with E-state index in [0.29, 0.717) is 13.2 Å². The minimum Gasteiger partial charge on any atom is -0.497 e. The average molecular weight is 369 g/mol. The summed E-state index contributed by atoms with van der Waals surface area (Å²) in [6, 6.07) is 18.5. The van der Waals surface area contributed by atoms with Crippen LogP contribution < -0.4 is 4.74 Å². The lowest BCUT2D eigenvalue weighted by molar-refractivity contribution is -0.105. The molecule has 0 aliphatic heterocycles. The van der Waals surface area contributed by atoms with Crippen molar-refractivity contribution in [2.45, 2.75) is 45.5 Å². The molecule has 0 unspecified atom stereocenters. The third-order valence-corrected chi connectivity index (χ3v) is 5.00. The standard InChI is InChI=1S/C24H32O3/c1-6-16-27-24(3,4)23(17-20-12-14-22(25-5)15-13-20)19(2)26-18-21-10-8-7-9-11-21/h6-15,19,23H,1,16-18H2,2-5H3/t19-,23-/m0/s1. The molecular formula is C24H32O3. The summed E-state index contributed by atoms with van der Waals surface area (Å²) in [6.07, 6.45) is 2.69. The first-order valence-corrected chi connectivity index (χ1v) is 9.49. The van der Waals surface area contributed by atoms with Crippen LogP contribution in [0.5, 0.6) is 5.75 Å². The van der Waals surface area contributed by atoms with Crippen molar-refractivity contribution in [1.82, 2.24) is 0 Å². The minimum absolute atomic E-state index is 0.0344. The Morgan fingerprint density at radius 2 is 1.67 bits per heavy atom. The first-order chi connectivity index (χ1) is 13.0. The van der Waals surface area contributed by atoms with Crippen LogP contribution in [0.25, 0.3) is 0 Å². The van der Waals surface area contributed by atoms with Gasteiger partial charge in [0.2, 0.25) is 0 Å². The van der Waals surface area contributed by atoms with Gasteiger partial charge >= 0.3 is 0 Å². The molecule has 0 amide bonds. The number of ether oxygens (including phenoxy) is 3. The predicted octanol–water partition coefficient (Wildman–Crippen LogP) is 5.44. The Bertz CT molecular complexity index is 677. The molecule has 2 aromatic rings. The Labute approximate surface area is 164 Å². The number of benzene rings is 2. The molecule has 3 heteroatoms. The van der Waals surface area contributed by atoms with E-state index < -0.39 is 0 Å². The summed E-state index contributed by atoms with van der Waals surface area (Å²) in [6.45, 7) is 11.3. The summed E-state index contributed by atoms with van der Waals surface area (Å²) >= 11 is 0. The number of rotatable bonds is 11. The predicted molar refractivity (Wildman–Crippen MR) is 111 cm³/mol. The summed E-state index contributed by atoms with van der Waals surface area (Å²) in [5, 5.41) is 0. The first-order valence-electron chi connectivity index (χ1n) is 9.49. The van der Waals surface area contributed by atoms with Crippen LogP contribution in [0.4, 0.5) is 0 Å². The third kappa shape index (κ3) is 6.53. The van der Waals surface area contributed by atoms with Crippen LogP contribution in [0.15, 0.2) is 67.3 Å². The number of methoxy groups -OCH3 is 1. The topological polar surface area (TPSA) is 27.7 Å². The van der Waals surface area contributed by atoms with E-state index in [2.05, 4.69) is 51.6 Å². The van der Waals surface area contributed by atoms with Crippen molar-refractivity contribution in [3.63, 3.8) is 0 Å². The van der Waals surface area contributed by atoms with E-state index >= 15 is 0 Å². The molecule has 0 fully saturated rings. The maximum atomic E-state index is 6.24. The van der Waals surface area contributed by atoms with Gasteiger partial charge in [0.15, 0.2) is 0 Å². The Hall–Kier alpha value is -2.10. The second-order valence-electron chi connectivity index (χ2n) is 7.36. The van der Waals surface area contributed by atoms with Gasteiger partial charge in [-0.1, -0.05) is 48.5 Å². The molecule has 0 saturated heterocycles. The average Bonchev–Trinajstić information content (AvgIpc) is 2.70. The molecule has 2 atom stereocenters. The zero-order chi connectivity index (χ0) is 19.7. The SMILES string of the molecule is C=CCOC(C)(C)[C@@H](Cc1ccc(OC)cc1)[C@H](C)OCc1ccccc1. The highest BCUT2D eigenvalue weighted by Gasteiger charge is 2.35. The zero-order valence-corrected chi connectivity index (χ0v) is 17.0. The molecule has 27 heavy (non-hydrogen) atoms. The van der Waals surface area contributed by atoms with Crippen LogP contribution in [0.3, 0.4) is 0 Å². The van der Waals surface area contributed by atoms with E-state index in [1.165, 1.54) is 11.1 Å². The molecule has 0 spiro atoms. The van der Waals surface area contributed by atoms with Gasteiger partial charge in [-0.15, -0.1) is 6.58 Å². The monoisotopic (exact) mass is 368 g/mol. The molecular weight excluding hydrogens is 336 g/mol. The van der Waals surface area contributed by atoms with Gasteiger partial charge in [0.25, 0.3) is 0 Å². The molecule has 146 valence electrons. The van der Waals surface area contributed by atoms with Gasteiger partial charge in [0.1, 0.15) is 5.75 Å². The summed E-state index contributed by atoms with van der Waals surface area (Å²) in [7, 11) is 1.68. The van der Waals surface area contributed by atoms with E-state index in [1.54, 1.807) is 13.2 Å². The highest BCUT2D eigenvalue weighted by Crippen LogP contribution is 2.31. The first kappa shape index (κ1) is 21.2. The van der Waals surface area contributed by atoms with Crippen LogP contribution >= 0.6 is 0 Å². The lowest BCUT2D eigenvalue weighted by atomic mass is 9.81. The largest absolute Gasteiger partial charge is 0.497 e. The molecule has 0 radical (unpaired) electrons. The Balaban J connectivity index is 2.12. The lowest BCUT2D eigenvalue weighted by Crippen LogP contribution is -2.43. The highest BCUT2D eigenvalue weighted by atomic mass is 16.5. The van der Waals surface area contributed by atoms with Gasteiger partial charge in [0, 0.05) is 5.92 Å². The molecule has 0 bridgehead atoms. The number of hydrogen-bond acceptors (Lipinski definition) is 3. The van der Waals surface area contributed by atoms with Crippen LogP contribution in [0.1, 0.15) is 31.9 Å². The van der Waals surface area contributed by atoms with Gasteiger partial charge in [-0.05, 0) is 50.5 Å². The van der Waals surface area contributed by atoms with Crippen LogP contribution in [0.2, 0.25) is 0 Å². The molecule has 3 nitrogen and oxygen atoms in total. The van der Waals surface area contributed by atoms with Gasteiger partial charge in [-0.2, -0.15) is 0 Å². The van der Waals surface area contributed by atoms with Crippen molar-refractivity contribution in [3.8, 4) is 5.75 Å². The molecule has 0 aliphatic carbocycles. The fourth-order valence-corrected chi connectivity index (χ4v) is 3.29. The molecule has 0 aromatic heterocycles. The van der Waals surface area contributed by atoms with Gasteiger partial charge in [-0.3, -0.25) is 0 Å². The minimum atomic E-state index is -0.343. The van der Waals surface area contributed by atoms with E-state index in [-0.39, 0.29) is 17.6 Å². The van der Waals surface area contributed by atoms with E-state index in [9.17, 15) is 0 Å². The summed E-state index contributed by atoms with van der Waals surface area (Å²) in [5.74, 6) is 1.06. The normalized spacial score (nSPS) is 13.8. The molecule has 0 heterocycles. The van der Waals surface area contributed by atoms with E-state index in [4.69, 9.17) is 14.2 Å². The maximum absolute atomic E-state index is 6.24. The highest BCUT2D eigenvalue weighted by molar-refractivity contribution is 5.27. The second kappa shape index (κ2) is 10.3. The second-order valence-corrected chi connectivity index (χ2v) is 7.36. The fourth-order valence-electron chi connectivity index (χ4n) is 3.29. The summed E-state index contributed by atoms with van der Waals surface area (Å²) < 4.78 is 17.6. The van der Waals surface area contributed by atoms with Crippen LogP contribution in [0, 0.1) is 5.92 Å². The van der Waals surface area contributed by atoms with Gasteiger partial charge in [-0.25, -0.2) is 0 Å². The molecule has 0 saturated carbocycles. The Morgan fingerprint density at radius 1 is 1.00 bits per heavy atom. The van der Waals surface area contributed by atoms with E-state index in [0.717, 1.165) is 12.2 Å². The van der Waals surface area contributed by atoms with Crippen molar-refractivity contribution in [1.29, 1.82) is 0 Å². The van der Waals surface area contributed by atoms with Crippen molar-refractivity contribution < 1.29 is 14.2 Å². The van der Waals surface area contributed by atoms with Crippen molar-refractivity contribution in [3.05, 3.63) is 78.4 Å². The fraction of sp³-hybridized carbons (Fsp3) is 0.417. The number of hydrogen-bond donors (Lipinski definition) is 0. The quantitative estimate of drug-likeness (QED) is 0.494. The Morgan fingerprint density at radius 3 is 2.26 bits per heavy atom. The molecule has 0 N–H and O–H groups in total. The van der Waals surface area contributed by atoms with Gasteiger partial charge in [0.05, 0.1) is 32.0 Å². The molecule has 0 aliphatic rings. The summed E-state index contributed by atoms with van der Waals surface area (Å²) in [5.41, 5.74) is 2.08. The van der Waals surface area contributed by atoms with Crippen LogP contribution in [-0.4, -0.2) is 25.4 Å². The van der Waals surface area contributed by atoms with Crippen molar-refractivity contribution >= 4 is 0 Å². The molecule has 2 rings (SSSR count). The lowest BCUT2D eigenvalue weighted by Gasteiger charge is -2.38.